The van der Waals surface area contributed by atoms with Gasteiger partial charge in [-0.25, -0.2) is 0 Å². The van der Waals surface area contributed by atoms with Crippen LogP contribution in [-0.4, -0.2) is 36.9 Å². The Balaban J connectivity index is 1.97. The summed E-state index contributed by atoms with van der Waals surface area (Å²) in [6.07, 6.45) is 1.47. The molecule has 0 bridgehead atoms. The summed E-state index contributed by atoms with van der Waals surface area (Å²) in [4.78, 5) is 26.8. The van der Waals surface area contributed by atoms with Crippen molar-refractivity contribution in [1.29, 1.82) is 0 Å². The Hall–Kier alpha value is -2.04. The average Bonchev–Trinajstić information content (AvgIpc) is 2.65. The van der Waals surface area contributed by atoms with Gasteiger partial charge in [0.2, 0.25) is 11.8 Å². The lowest BCUT2D eigenvalue weighted by molar-refractivity contribution is -0.138. The van der Waals surface area contributed by atoms with Crippen molar-refractivity contribution < 1.29 is 14.3 Å². The van der Waals surface area contributed by atoms with Crippen LogP contribution < -0.4 is 10.1 Å². The van der Waals surface area contributed by atoms with E-state index in [1.54, 1.807) is 7.11 Å². The van der Waals surface area contributed by atoms with Crippen LogP contribution in [0.3, 0.4) is 0 Å². The summed E-state index contributed by atoms with van der Waals surface area (Å²) in [5.74, 6) is 1.37. The highest BCUT2D eigenvalue weighted by Crippen LogP contribution is 2.26. The van der Waals surface area contributed by atoms with Gasteiger partial charge in [0, 0.05) is 24.9 Å². The van der Waals surface area contributed by atoms with Crippen LogP contribution in [0.2, 0.25) is 0 Å². The molecule has 0 aromatic heterocycles. The topological polar surface area (TPSA) is 58.6 Å². The van der Waals surface area contributed by atoms with Crippen molar-refractivity contribution in [1.82, 2.24) is 10.2 Å². The first-order valence-corrected chi connectivity index (χ1v) is 9.56. The van der Waals surface area contributed by atoms with Gasteiger partial charge in [0.25, 0.3) is 0 Å². The molecule has 26 heavy (non-hydrogen) atoms. The summed E-state index contributed by atoms with van der Waals surface area (Å²) >= 11 is 0. The normalized spacial score (nSPS) is 16.7. The number of nitrogens with zero attached hydrogens (tertiary/aromatic N) is 1. The van der Waals surface area contributed by atoms with E-state index < -0.39 is 0 Å². The number of carbonyl (C=O) groups excluding carboxylic acids is 2. The fourth-order valence-electron chi connectivity index (χ4n) is 3.44. The molecule has 1 unspecified atom stereocenters. The van der Waals surface area contributed by atoms with E-state index in [9.17, 15) is 9.59 Å². The molecule has 0 radical (unpaired) electrons. The maximum Gasteiger partial charge on any atom is 0.225 e. The second kappa shape index (κ2) is 9.06. The summed E-state index contributed by atoms with van der Waals surface area (Å²) in [7, 11) is 1.65. The van der Waals surface area contributed by atoms with Crippen LogP contribution in [0.15, 0.2) is 24.3 Å². The Labute approximate surface area is 157 Å². The molecule has 1 aliphatic heterocycles. The van der Waals surface area contributed by atoms with E-state index in [4.69, 9.17) is 4.74 Å². The molecule has 1 aromatic carbocycles. The molecule has 1 atom stereocenters. The van der Waals surface area contributed by atoms with Crippen LogP contribution in [0, 0.1) is 17.8 Å². The summed E-state index contributed by atoms with van der Waals surface area (Å²) in [6, 6.07) is 7.84. The Morgan fingerprint density at radius 3 is 2.12 bits per heavy atom. The predicted molar refractivity (Wildman–Crippen MR) is 103 cm³/mol. The van der Waals surface area contributed by atoms with E-state index in [0.717, 1.165) is 24.2 Å². The third kappa shape index (κ3) is 4.99. The standard InChI is InChI=1S/C21H32N2O3/c1-14(2)19(16-6-8-18(26-5)9-7-16)22-20(24)17-10-12-23(13-11-17)21(25)15(3)4/h6-9,14-15,17,19H,10-13H2,1-5H3,(H,22,24). The molecule has 1 saturated heterocycles. The molecule has 5 nitrogen and oxygen atoms in total. The zero-order valence-electron chi connectivity index (χ0n) is 16.6. The Kier molecular flexibility index (Phi) is 7.06. The summed E-state index contributed by atoms with van der Waals surface area (Å²) in [5, 5.41) is 3.22. The van der Waals surface area contributed by atoms with Crippen LogP contribution >= 0.6 is 0 Å². The van der Waals surface area contributed by atoms with Crippen molar-refractivity contribution in [3.8, 4) is 5.75 Å². The first kappa shape index (κ1) is 20.3. The second-order valence-corrected chi connectivity index (χ2v) is 7.76. The Morgan fingerprint density at radius 1 is 1.08 bits per heavy atom. The highest BCUT2D eigenvalue weighted by molar-refractivity contribution is 5.81. The fourth-order valence-corrected chi connectivity index (χ4v) is 3.44. The van der Waals surface area contributed by atoms with Gasteiger partial charge in [0.15, 0.2) is 0 Å². The Bertz CT molecular complexity index is 602. The molecule has 1 N–H and O–H groups in total. The minimum Gasteiger partial charge on any atom is -0.497 e. The van der Waals surface area contributed by atoms with E-state index in [2.05, 4.69) is 19.2 Å². The van der Waals surface area contributed by atoms with E-state index in [0.29, 0.717) is 13.1 Å². The lowest BCUT2D eigenvalue weighted by Crippen LogP contribution is -2.45. The highest BCUT2D eigenvalue weighted by Gasteiger charge is 2.30. The molecule has 144 valence electrons. The predicted octanol–water partition coefficient (Wildman–Crippen LogP) is 3.40. The quantitative estimate of drug-likeness (QED) is 0.846. The van der Waals surface area contributed by atoms with Gasteiger partial charge in [-0.3, -0.25) is 9.59 Å². The smallest absolute Gasteiger partial charge is 0.225 e. The van der Waals surface area contributed by atoms with Gasteiger partial charge in [-0.05, 0) is 36.5 Å². The molecule has 0 saturated carbocycles. The minimum atomic E-state index is -0.0243. The summed E-state index contributed by atoms with van der Waals surface area (Å²) in [5.41, 5.74) is 1.08. The van der Waals surface area contributed by atoms with Crippen LogP contribution in [0.4, 0.5) is 0 Å². The van der Waals surface area contributed by atoms with Crippen molar-refractivity contribution >= 4 is 11.8 Å². The number of benzene rings is 1. The van der Waals surface area contributed by atoms with Crippen LogP contribution in [0.5, 0.6) is 5.75 Å². The van der Waals surface area contributed by atoms with Gasteiger partial charge in [0.05, 0.1) is 13.2 Å². The van der Waals surface area contributed by atoms with Crippen molar-refractivity contribution in [3.05, 3.63) is 29.8 Å². The first-order chi connectivity index (χ1) is 12.3. The van der Waals surface area contributed by atoms with Gasteiger partial charge >= 0.3 is 0 Å². The SMILES string of the molecule is COc1ccc(C(NC(=O)C2CCN(C(=O)C(C)C)CC2)C(C)C)cc1. The number of likely N-dealkylation sites (tertiary alicyclic amines) is 1. The first-order valence-electron chi connectivity index (χ1n) is 9.56. The maximum absolute atomic E-state index is 12.8. The fraction of sp³-hybridized carbons (Fsp3) is 0.619. The number of rotatable bonds is 6. The van der Waals surface area contributed by atoms with Crippen molar-refractivity contribution in [2.24, 2.45) is 17.8 Å². The highest BCUT2D eigenvalue weighted by atomic mass is 16.5. The van der Waals surface area contributed by atoms with Crippen LogP contribution in [0.25, 0.3) is 0 Å². The van der Waals surface area contributed by atoms with E-state index in [1.807, 2.05) is 43.0 Å². The third-order valence-corrected chi connectivity index (χ3v) is 5.11. The monoisotopic (exact) mass is 360 g/mol. The molecular weight excluding hydrogens is 328 g/mol. The molecule has 1 aliphatic rings. The minimum absolute atomic E-state index is 0.0146. The van der Waals surface area contributed by atoms with Gasteiger partial charge < -0.3 is 15.0 Å². The number of hydrogen-bond donors (Lipinski definition) is 1. The average molecular weight is 360 g/mol. The molecule has 0 aliphatic carbocycles. The molecule has 1 heterocycles. The third-order valence-electron chi connectivity index (χ3n) is 5.11. The lowest BCUT2D eigenvalue weighted by atomic mass is 9.92. The largest absolute Gasteiger partial charge is 0.497 e. The number of nitrogens with one attached hydrogen (secondary N) is 1. The van der Waals surface area contributed by atoms with Crippen LogP contribution in [-0.2, 0) is 9.59 Å². The van der Waals surface area contributed by atoms with E-state index in [-0.39, 0.29) is 35.6 Å². The number of carbonyl (C=O) groups is 2. The Morgan fingerprint density at radius 2 is 1.65 bits per heavy atom. The number of amides is 2. The number of ether oxygens (including phenoxy) is 1. The van der Waals surface area contributed by atoms with Gasteiger partial charge in [-0.15, -0.1) is 0 Å². The molecular formula is C21H32N2O3. The number of methoxy groups -OCH3 is 1. The molecule has 2 rings (SSSR count). The van der Waals surface area contributed by atoms with E-state index in [1.165, 1.54) is 0 Å². The molecule has 0 spiro atoms. The van der Waals surface area contributed by atoms with Gasteiger partial charge in [0.1, 0.15) is 5.75 Å². The van der Waals surface area contributed by atoms with Crippen molar-refractivity contribution in [3.63, 3.8) is 0 Å². The van der Waals surface area contributed by atoms with Gasteiger partial charge in [-0.1, -0.05) is 39.8 Å². The zero-order chi connectivity index (χ0) is 19.3. The van der Waals surface area contributed by atoms with Crippen molar-refractivity contribution in [2.75, 3.05) is 20.2 Å². The maximum atomic E-state index is 12.8. The summed E-state index contributed by atoms with van der Waals surface area (Å²) < 4.78 is 5.21. The van der Waals surface area contributed by atoms with Crippen molar-refractivity contribution in [2.45, 2.75) is 46.6 Å². The number of hydrogen-bond acceptors (Lipinski definition) is 3. The van der Waals surface area contributed by atoms with E-state index >= 15 is 0 Å². The number of piperidine rings is 1. The zero-order valence-corrected chi connectivity index (χ0v) is 16.6. The lowest BCUT2D eigenvalue weighted by Gasteiger charge is -2.33. The summed E-state index contributed by atoms with van der Waals surface area (Å²) in [6.45, 7) is 9.40. The molecule has 1 aromatic rings. The molecule has 2 amide bonds. The van der Waals surface area contributed by atoms with Gasteiger partial charge in [-0.2, -0.15) is 0 Å². The molecule has 5 heteroatoms. The second-order valence-electron chi connectivity index (χ2n) is 7.76. The van der Waals surface area contributed by atoms with Crippen LogP contribution in [0.1, 0.15) is 52.1 Å². The molecule has 1 fully saturated rings.